The molecule has 3 aliphatic rings. The molecule has 0 spiro atoms. The minimum Gasteiger partial charge on any atom is -1.00 e. The van der Waals surface area contributed by atoms with Crippen molar-refractivity contribution < 1.29 is 45.1 Å². The van der Waals surface area contributed by atoms with E-state index in [-0.39, 0.29) is 24.8 Å². The van der Waals surface area contributed by atoms with E-state index in [0.29, 0.717) is 7.25 Å². The molecule has 0 bridgehead atoms. The van der Waals surface area contributed by atoms with Gasteiger partial charge in [0.05, 0.1) is 0 Å². The Bertz CT molecular complexity index is 1360. The first-order valence-corrected chi connectivity index (χ1v) is 18.1. The molecule has 1 atom stereocenters. The second-order valence-corrected chi connectivity index (χ2v) is 21.2. The van der Waals surface area contributed by atoms with Crippen LogP contribution in [0.15, 0.2) is 103 Å². The standard InChI is InChI=1S/C16H13.C13H9.C2H4.2ClH.Zr/c1-12-10-14-8-5-9-15(16(14)11-12)13-6-3-2-4-7-13;1-3-7-12-10(5-1)9-11-6-2-4-8-13(11)12;1-2;;;/h2-11H,1H3;1-9H;1-2H2;2*1H;/q;;;;;+2/p-2. The topological polar surface area (TPSA) is 0 Å². The Morgan fingerprint density at radius 3 is 1.71 bits per heavy atom. The molecule has 0 amide bonds. The van der Waals surface area contributed by atoms with Crippen molar-refractivity contribution in [3.05, 3.63) is 125 Å². The van der Waals surface area contributed by atoms with Crippen LogP contribution in [0.4, 0.5) is 0 Å². The minimum absolute atomic E-state index is 0. The average molecular weight is 561 g/mol. The molecule has 2 aliphatic carbocycles. The van der Waals surface area contributed by atoms with E-state index in [2.05, 4.69) is 110 Å². The van der Waals surface area contributed by atoms with Gasteiger partial charge in [0.15, 0.2) is 0 Å². The molecule has 34 heavy (non-hydrogen) atoms. The first kappa shape index (κ1) is 23.8. The Hall–Kier alpha value is -1.92. The predicted octanol–water partition coefficient (Wildman–Crippen LogP) is 2.59. The van der Waals surface area contributed by atoms with Gasteiger partial charge in [-0.3, -0.25) is 0 Å². The second-order valence-electron chi connectivity index (χ2n) is 9.84. The molecule has 4 aromatic rings. The van der Waals surface area contributed by atoms with Crippen molar-refractivity contribution in [3.63, 3.8) is 0 Å². The fourth-order valence-corrected chi connectivity index (χ4v) is 24.3. The largest absolute Gasteiger partial charge is 1.00 e. The van der Waals surface area contributed by atoms with Crippen LogP contribution in [0.1, 0.15) is 36.4 Å². The molecule has 1 aliphatic heterocycles. The SMILES string of the molecule is CC1=Cc2c(-c3ccccc3)cccc2[CH]1[Zr+2]1([CH]2c3ccccc3-c3ccccc32)[CH2][CH2]1.[Cl-].[Cl-]. The third-order valence-corrected chi connectivity index (χ3v) is 21.3. The maximum absolute atomic E-state index is 2.56. The predicted molar refractivity (Wildman–Crippen MR) is 132 cm³/mol. The van der Waals surface area contributed by atoms with Gasteiger partial charge in [0, 0.05) is 0 Å². The number of hydrogen-bond donors (Lipinski definition) is 0. The first-order chi connectivity index (χ1) is 15.8. The molecule has 0 N–H and O–H groups in total. The van der Waals surface area contributed by atoms with Gasteiger partial charge in [-0.05, 0) is 0 Å². The van der Waals surface area contributed by atoms with Crippen LogP contribution in [0.5, 0.6) is 0 Å². The van der Waals surface area contributed by atoms with E-state index in [1.807, 2.05) is 0 Å². The van der Waals surface area contributed by atoms with Crippen LogP contribution in [-0.4, -0.2) is 0 Å². The van der Waals surface area contributed by atoms with Gasteiger partial charge in [-0.2, -0.15) is 0 Å². The third kappa shape index (κ3) is 3.36. The fraction of sp³-hybridized carbons (Fsp3) is 0.161. The molecule has 4 aromatic carbocycles. The summed E-state index contributed by atoms with van der Waals surface area (Å²) in [6.07, 6.45) is 2.53. The number of rotatable bonds is 3. The Morgan fingerprint density at radius 1 is 0.559 bits per heavy atom. The van der Waals surface area contributed by atoms with Gasteiger partial charge in [-0.1, -0.05) is 0 Å². The summed E-state index contributed by atoms with van der Waals surface area (Å²) in [4.78, 5) is 0. The number of benzene rings is 4. The van der Waals surface area contributed by atoms with E-state index in [1.165, 1.54) is 36.1 Å². The first-order valence-electron chi connectivity index (χ1n) is 11.8. The van der Waals surface area contributed by atoms with Gasteiger partial charge in [0.2, 0.25) is 0 Å². The number of fused-ring (bicyclic) bond motifs is 4. The molecule has 1 heterocycles. The molecular formula is C31H26Cl2Zr. The normalized spacial score (nSPS) is 17.7. The van der Waals surface area contributed by atoms with E-state index in [0.717, 1.165) is 0 Å². The van der Waals surface area contributed by atoms with Crippen molar-refractivity contribution in [2.24, 2.45) is 0 Å². The van der Waals surface area contributed by atoms with Crippen molar-refractivity contribution in [2.75, 3.05) is 0 Å². The maximum atomic E-state index is 2.53. The van der Waals surface area contributed by atoms with Crippen LogP contribution in [-0.2, 0) is 20.3 Å². The van der Waals surface area contributed by atoms with Gasteiger partial charge in [-0.15, -0.1) is 0 Å². The molecule has 168 valence electrons. The van der Waals surface area contributed by atoms with Gasteiger partial charge < -0.3 is 24.8 Å². The molecule has 1 saturated heterocycles. The Labute approximate surface area is 219 Å². The van der Waals surface area contributed by atoms with E-state index >= 15 is 0 Å². The third-order valence-electron chi connectivity index (χ3n) is 8.17. The van der Waals surface area contributed by atoms with Crippen molar-refractivity contribution in [2.45, 2.75) is 22.4 Å². The molecule has 0 nitrogen and oxygen atoms in total. The molecule has 1 unspecified atom stereocenters. The summed E-state index contributed by atoms with van der Waals surface area (Å²) in [5, 5.41) is 0. The van der Waals surface area contributed by atoms with E-state index in [1.54, 1.807) is 22.3 Å². The summed E-state index contributed by atoms with van der Waals surface area (Å²) in [6.45, 7) is 2.42. The van der Waals surface area contributed by atoms with Crippen LogP contribution in [0, 0.1) is 0 Å². The van der Waals surface area contributed by atoms with Gasteiger partial charge in [-0.25, -0.2) is 0 Å². The van der Waals surface area contributed by atoms with Crippen LogP contribution in [0.3, 0.4) is 0 Å². The smallest absolute Gasteiger partial charge is 1.00 e. The van der Waals surface area contributed by atoms with Crippen molar-refractivity contribution in [1.82, 2.24) is 0 Å². The summed E-state index contributed by atoms with van der Waals surface area (Å²) in [7, 11) is 0. The molecule has 3 heteroatoms. The van der Waals surface area contributed by atoms with Crippen LogP contribution in [0.25, 0.3) is 28.3 Å². The monoisotopic (exact) mass is 558 g/mol. The average Bonchev–Trinajstić information content (AvgIpc) is 3.43. The number of hydrogen-bond acceptors (Lipinski definition) is 0. The Balaban J connectivity index is 0.00000120. The van der Waals surface area contributed by atoms with Crippen LogP contribution >= 0.6 is 0 Å². The summed E-state index contributed by atoms with van der Waals surface area (Å²) in [6, 6.07) is 36.6. The van der Waals surface area contributed by atoms with E-state index in [9.17, 15) is 0 Å². The second kappa shape index (κ2) is 8.94. The zero-order valence-corrected chi connectivity index (χ0v) is 23.1. The van der Waals surface area contributed by atoms with Gasteiger partial charge in [0.25, 0.3) is 0 Å². The summed E-state index contributed by atoms with van der Waals surface area (Å²) < 4.78 is 4.41. The molecule has 0 saturated carbocycles. The number of halogens is 2. The summed E-state index contributed by atoms with van der Waals surface area (Å²) in [5.41, 5.74) is 13.7. The van der Waals surface area contributed by atoms with Crippen molar-refractivity contribution >= 4 is 6.08 Å². The zero-order chi connectivity index (χ0) is 21.3. The summed E-state index contributed by atoms with van der Waals surface area (Å²) >= 11 is -2.56. The number of allylic oxidation sites excluding steroid dienone is 1. The molecular weight excluding hydrogens is 534 g/mol. The molecule has 1 fully saturated rings. The maximum Gasteiger partial charge on any atom is -1.00 e. The van der Waals surface area contributed by atoms with E-state index in [4.69, 9.17) is 0 Å². The van der Waals surface area contributed by atoms with Gasteiger partial charge in [0.1, 0.15) is 0 Å². The summed E-state index contributed by atoms with van der Waals surface area (Å²) in [5.74, 6) is 0. The zero-order valence-electron chi connectivity index (χ0n) is 19.1. The van der Waals surface area contributed by atoms with Crippen LogP contribution in [0.2, 0.25) is 8.26 Å². The fourth-order valence-electron chi connectivity index (χ4n) is 6.85. The van der Waals surface area contributed by atoms with Crippen molar-refractivity contribution in [3.8, 4) is 22.3 Å². The Morgan fingerprint density at radius 2 is 1.09 bits per heavy atom. The van der Waals surface area contributed by atoms with E-state index < -0.39 is 20.3 Å². The minimum atomic E-state index is -2.56. The quantitative estimate of drug-likeness (QED) is 0.362. The van der Waals surface area contributed by atoms with Crippen LogP contribution < -0.4 is 24.8 Å². The van der Waals surface area contributed by atoms with Gasteiger partial charge >= 0.3 is 196 Å². The van der Waals surface area contributed by atoms with Crippen molar-refractivity contribution in [1.29, 1.82) is 0 Å². The molecule has 7 rings (SSSR count). The molecule has 0 radical (unpaired) electrons. The molecule has 0 aromatic heterocycles. The Kier molecular flexibility index (Phi) is 6.26.